The van der Waals surface area contributed by atoms with E-state index in [-0.39, 0.29) is 0 Å². The number of halogens is 2. The van der Waals surface area contributed by atoms with Gasteiger partial charge < -0.3 is 0 Å². The Morgan fingerprint density at radius 2 is 2.16 bits per heavy atom. The van der Waals surface area contributed by atoms with Crippen LogP contribution in [0.5, 0.6) is 0 Å². The third-order valence-corrected chi connectivity index (χ3v) is 2.92. The molecule has 1 heterocycles. The fourth-order valence-electron chi connectivity index (χ4n) is 2.06. The largest absolute Gasteiger partial charge is 0.271 e. The van der Waals surface area contributed by atoms with Gasteiger partial charge in [0.15, 0.2) is 0 Å². The second kappa shape index (κ2) is 5.90. The van der Waals surface area contributed by atoms with Crippen molar-refractivity contribution in [3.63, 3.8) is 0 Å². The standard InChI is InChI=1S/C13H16F2N4/c1-2-7-19-12(5-6-17-19)13(18-16)10-4-3-9(14)8-11(10)15/h3-6,8,13,18H,2,7,16H2,1H3. The summed E-state index contributed by atoms with van der Waals surface area (Å²) in [6.45, 7) is 2.73. The number of hydrogen-bond acceptors (Lipinski definition) is 3. The van der Waals surface area contributed by atoms with Gasteiger partial charge in [-0.15, -0.1) is 0 Å². The number of nitrogens with two attached hydrogens (primary N) is 1. The maximum Gasteiger partial charge on any atom is 0.131 e. The SMILES string of the molecule is CCCn1nccc1C(NN)c1ccc(F)cc1F. The molecule has 0 aliphatic carbocycles. The lowest BCUT2D eigenvalue weighted by atomic mass is 10.0. The first-order chi connectivity index (χ1) is 9.17. The van der Waals surface area contributed by atoms with E-state index in [0.29, 0.717) is 12.1 Å². The first kappa shape index (κ1) is 13.6. The van der Waals surface area contributed by atoms with E-state index in [4.69, 9.17) is 5.84 Å². The van der Waals surface area contributed by atoms with Crippen LogP contribution in [0.4, 0.5) is 8.78 Å². The first-order valence-corrected chi connectivity index (χ1v) is 6.10. The summed E-state index contributed by atoms with van der Waals surface area (Å²) in [5, 5.41) is 4.17. The van der Waals surface area contributed by atoms with Crippen molar-refractivity contribution in [2.45, 2.75) is 25.9 Å². The summed E-state index contributed by atoms with van der Waals surface area (Å²) in [6.07, 6.45) is 2.54. The Labute approximate surface area is 110 Å². The van der Waals surface area contributed by atoms with Crippen LogP contribution in [-0.2, 0) is 6.54 Å². The lowest BCUT2D eigenvalue weighted by Gasteiger charge is -2.18. The van der Waals surface area contributed by atoms with Crippen LogP contribution in [0.3, 0.4) is 0 Å². The van der Waals surface area contributed by atoms with Gasteiger partial charge in [0, 0.05) is 24.4 Å². The van der Waals surface area contributed by atoms with E-state index in [1.165, 1.54) is 12.1 Å². The Morgan fingerprint density at radius 1 is 1.37 bits per heavy atom. The van der Waals surface area contributed by atoms with Gasteiger partial charge in [0.05, 0.1) is 11.7 Å². The Kier molecular flexibility index (Phi) is 4.24. The minimum Gasteiger partial charge on any atom is -0.271 e. The van der Waals surface area contributed by atoms with Gasteiger partial charge in [0.2, 0.25) is 0 Å². The highest BCUT2D eigenvalue weighted by Crippen LogP contribution is 2.24. The Hall–Kier alpha value is -1.79. The summed E-state index contributed by atoms with van der Waals surface area (Å²) in [5.41, 5.74) is 3.60. The topological polar surface area (TPSA) is 55.9 Å². The monoisotopic (exact) mass is 266 g/mol. The number of hydrazine groups is 1. The van der Waals surface area contributed by atoms with Crippen molar-refractivity contribution in [2.24, 2.45) is 5.84 Å². The van der Waals surface area contributed by atoms with Crippen molar-refractivity contribution in [3.05, 3.63) is 53.4 Å². The molecule has 0 saturated carbocycles. The molecule has 0 amide bonds. The Morgan fingerprint density at radius 3 is 2.79 bits per heavy atom. The molecular formula is C13H16F2N4. The van der Waals surface area contributed by atoms with E-state index in [9.17, 15) is 8.78 Å². The predicted molar refractivity (Wildman–Crippen MR) is 68.0 cm³/mol. The second-order valence-corrected chi connectivity index (χ2v) is 4.24. The molecule has 6 heteroatoms. The minimum atomic E-state index is -0.632. The lowest BCUT2D eigenvalue weighted by Crippen LogP contribution is -2.31. The number of benzene rings is 1. The van der Waals surface area contributed by atoms with Crippen LogP contribution in [0, 0.1) is 11.6 Å². The zero-order chi connectivity index (χ0) is 13.8. The van der Waals surface area contributed by atoms with E-state index in [2.05, 4.69) is 10.5 Å². The third kappa shape index (κ3) is 2.80. The van der Waals surface area contributed by atoms with Gasteiger partial charge in [0.25, 0.3) is 0 Å². The van der Waals surface area contributed by atoms with Crippen LogP contribution >= 0.6 is 0 Å². The first-order valence-electron chi connectivity index (χ1n) is 6.10. The fraction of sp³-hybridized carbons (Fsp3) is 0.308. The van der Waals surface area contributed by atoms with Crippen molar-refractivity contribution in [1.29, 1.82) is 0 Å². The quantitative estimate of drug-likeness (QED) is 0.644. The van der Waals surface area contributed by atoms with Gasteiger partial charge in [-0.3, -0.25) is 10.5 Å². The molecular weight excluding hydrogens is 250 g/mol. The molecule has 0 spiro atoms. The fourth-order valence-corrected chi connectivity index (χ4v) is 2.06. The summed E-state index contributed by atoms with van der Waals surface area (Å²) < 4.78 is 28.5. The maximum absolute atomic E-state index is 13.8. The molecule has 0 radical (unpaired) electrons. The molecule has 1 aromatic heterocycles. The molecule has 2 aromatic rings. The van der Waals surface area contributed by atoms with E-state index < -0.39 is 17.7 Å². The molecule has 0 saturated heterocycles. The van der Waals surface area contributed by atoms with Crippen LogP contribution in [0.25, 0.3) is 0 Å². The van der Waals surface area contributed by atoms with E-state index in [0.717, 1.165) is 18.2 Å². The second-order valence-electron chi connectivity index (χ2n) is 4.24. The van der Waals surface area contributed by atoms with Crippen molar-refractivity contribution < 1.29 is 8.78 Å². The normalized spacial score (nSPS) is 12.6. The van der Waals surface area contributed by atoms with Gasteiger partial charge in [-0.05, 0) is 18.6 Å². The van der Waals surface area contributed by atoms with Crippen molar-refractivity contribution >= 4 is 0 Å². The highest BCUT2D eigenvalue weighted by atomic mass is 19.1. The smallest absolute Gasteiger partial charge is 0.131 e. The molecule has 0 aliphatic heterocycles. The average Bonchev–Trinajstić information content (AvgIpc) is 2.82. The van der Waals surface area contributed by atoms with Crippen LogP contribution in [0.2, 0.25) is 0 Å². The zero-order valence-electron chi connectivity index (χ0n) is 10.6. The Bertz CT molecular complexity index is 553. The van der Waals surface area contributed by atoms with Crippen molar-refractivity contribution in [2.75, 3.05) is 0 Å². The maximum atomic E-state index is 13.8. The number of rotatable bonds is 5. The number of aromatic nitrogens is 2. The molecule has 3 N–H and O–H groups in total. The zero-order valence-corrected chi connectivity index (χ0v) is 10.6. The van der Waals surface area contributed by atoms with Crippen LogP contribution in [0.1, 0.15) is 30.6 Å². The highest BCUT2D eigenvalue weighted by Gasteiger charge is 2.20. The van der Waals surface area contributed by atoms with E-state index in [1.54, 1.807) is 16.9 Å². The number of nitrogens with one attached hydrogen (secondary N) is 1. The summed E-state index contributed by atoms with van der Waals surface area (Å²) in [6, 6.07) is 4.65. The molecule has 4 nitrogen and oxygen atoms in total. The van der Waals surface area contributed by atoms with Crippen molar-refractivity contribution in [3.8, 4) is 0 Å². The van der Waals surface area contributed by atoms with E-state index >= 15 is 0 Å². The van der Waals surface area contributed by atoms with Gasteiger partial charge in [-0.25, -0.2) is 14.2 Å². The van der Waals surface area contributed by atoms with Gasteiger partial charge >= 0.3 is 0 Å². The predicted octanol–water partition coefficient (Wildman–Crippen LogP) is 2.12. The van der Waals surface area contributed by atoms with Crippen LogP contribution in [-0.4, -0.2) is 9.78 Å². The summed E-state index contributed by atoms with van der Waals surface area (Å²) in [4.78, 5) is 0. The molecule has 2 rings (SSSR count). The molecule has 1 aromatic carbocycles. The molecule has 0 fully saturated rings. The van der Waals surface area contributed by atoms with Crippen molar-refractivity contribution in [1.82, 2.24) is 15.2 Å². The minimum absolute atomic E-state index is 0.293. The molecule has 0 bridgehead atoms. The highest BCUT2D eigenvalue weighted by molar-refractivity contribution is 5.29. The lowest BCUT2D eigenvalue weighted by molar-refractivity contribution is 0.497. The van der Waals surface area contributed by atoms with E-state index in [1.807, 2.05) is 6.92 Å². The van der Waals surface area contributed by atoms with Gasteiger partial charge in [-0.1, -0.05) is 13.0 Å². The third-order valence-electron chi connectivity index (χ3n) is 2.92. The molecule has 1 atom stereocenters. The van der Waals surface area contributed by atoms with Gasteiger partial charge in [-0.2, -0.15) is 5.10 Å². The molecule has 1 unspecified atom stereocenters. The number of hydrogen-bond donors (Lipinski definition) is 2. The van der Waals surface area contributed by atoms with Crippen LogP contribution < -0.4 is 11.3 Å². The van der Waals surface area contributed by atoms with Crippen LogP contribution in [0.15, 0.2) is 30.5 Å². The summed E-state index contributed by atoms with van der Waals surface area (Å²) in [5.74, 6) is 4.27. The summed E-state index contributed by atoms with van der Waals surface area (Å²) in [7, 11) is 0. The average molecular weight is 266 g/mol. The van der Waals surface area contributed by atoms with Gasteiger partial charge in [0.1, 0.15) is 11.6 Å². The molecule has 19 heavy (non-hydrogen) atoms. The summed E-state index contributed by atoms with van der Waals surface area (Å²) >= 11 is 0. The molecule has 0 aliphatic rings. The number of nitrogens with zero attached hydrogens (tertiary/aromatic N) is 2. The molecule has 102 valence electrons. The number of aryl methyl sites for hydroxylation is 1. The Balaban J connectivity index is 2.41.